The highest BCUT2D eigenvalue weighted by molar-refractivity contribution is 6.03. The van der Waals surface area contributed by atoms with E-state index in [9.17, 15) is 20.0 Å². The molecule has 0 aliphatic heterocycles. The summed E-state index contributed by atoms with van der Waals surface area (Å²) in [6, 6.07) is 8.72. The first-order valence-electron chi connectivity index (χ1n) is 7.25. The van der Waals surface area contributed by atoms with Crippen molar-refractivity contribution in [1.82, 2.24) is 5.43 Å². The molecule has 1 amide bonds. The van der Waals surface area contributed by atoms with E-state index in [2.05, 4.69) is 10.5 Å². The number of hydrogen-bond donors (Lipinski definition) is 2. The molecule has 2 N–H and O–H groups in total. The van der Waals surface area contributed by atoms with Crippen molar-refractivity contribution >= 4 is 28.8 Å². The Hall–Kier alpha value is -3.68. The van der Waals surface area contributed by atoms with Crippen LogP contribution in [0.3, 0.4) is 0 Å². The quantitative estimate of drug-likeness (QED) is 0.430. The van der Waals surface area contributed by atoms with Gasteiger partial charge in [0, 0.05) is 12.1 Å². The Bertz CT molecular complexity index is 989. The minimum Gasteiger partial charge on any atom is -0.506 e. The number of nitrogens with zero attached hydrogens (tertiary/aromatic N) is 2. The summed E-state index contributed by atoms with van der Waals surface area (Å²) in [4.78, 5) is 22.3. The third-order valence-corrected chi connectivity index (χ3v) is 3.62. The van der Waals surface area contributed by atoms with Crippen LogP contribution in [0.1, 0.15) is 21.5 Å². The van der Waals surface area contributed by atoms with Crippen molar-refractivity contribution in [1.29, 1.82) is 0 Å². The second-order valence-electron chi connectivity index (χ2n) is 5.30. The van der Waals surface area contributed by atoms with E-state index in [1.165, 1.54) is 42.8 Å². The minimum absolute atomic E-state index is 0.0325. The molecule has 25 heavy (non-hydrogen) atoms. The number of rotatable bonds is 4. The fourth-order valence-corrected chi connectivity index (χ4v) is 2.35. The maximum atomic E-state index is 12.2. The molecule has 0 spiro atoms. The Kier molecular flexibility index (Phi) is 4.17. The number of furan rings is 1. The number of nitro groups is 1. The van der Waals surface area contributed by atoms with Crippen molar-refractivity contribution < 1.29 is 19.2 Å². The van der Waals surface area contributed by atoms with Crippen molar-refractivity contribution in [3.05, 3.63) is 69.5 Å². The topological polar surface area (TPSA) is 118 Å². The van der Waals surface area contributed by atoms with Crippen LogP contribution in [0.5, 0.6) is 5.75 Å². The number of hydrogen-bond acceptors (Lipinski definition) is 6. The smallest absolute Gasteiger partial charge is 0.275 e. The Morgan fingerprint density at radius 2 is 2.00 bits per heavy atom. The number of fused-ring (bicyclic) bond motifs is 1. The lowest BCUT2D eigenvalue weighted by molar-refractivity contribution is -0.384. The van der Waals surface area contributed by atoms with Gasteiger partial charge in [-0.3, -0.25) is 14.9 Å². The molecule has 8 nitrogen and oxygen atoms in total. The van der Waals surface area contributed by atoms with E-state index in [1.807, 2.05) is 0 Å². The largest absolute Gasteiger partial charge is 0.506 e. The highest BCUT2D eigenvalue weighted by atomic mass is 16.6. The lowest BCUT2D eigenvalue weighted by Crippen LogP contribution is -2.17. The number of carbonyl (C=O) groups is 1. The number of benzene rings is 2. The number of amides is 1. The number of nitro benzene ring substituents is 1. The van der Waals surface area contributed by atoms with E-state index in [0.29, 0.717) is 16.5 Å². The number of non-ortho nitro benzene ring substituents is 1. The fraction of sp³-hybridized carbons (Fsp3) is 0.0588. The van der Waals surface area contributed by atoms with Gasteiger partial charge < -0.3 is 9.52 Å². The van der Waals surface area contributed by atoms with Crippen molar-refractivity contribution in [2.45, 2.75) is 6.92 Å². The Labute approximate surface area is 141 Å². The molecular formula is C17H13N3O5. The summed E-state index contributed by atoms with van der Waals surface area (Å²) >= 11 is 0. The first kappa shape index (κ1) is 16.2. The molecule has 0 fully saturated rings. The lowest BCUT2D eigenvalue weighted by atomic mass is 10.1. The second-order valence-corrected chi connectivity index (χ2v) is 5.30. The number of aryl methyl sites for hydroxylation is 1. The molecule has 1 heterocycles. The summed E-state index contributed by atoms with van der Waals surface area (Å²) < 4.78 is 5.26. The summed E-state index contributed by atoms with van der Waals surface area (Å²) in [6.45, 7) is 1.76. The normalized spacial score (nSPS) is 11.1. The predicted molar refractivity (Wildman–Crippen MR) is 90.8 cm³/mol. The van der Waals surface area contributed by atoms with E-state index in [0.717, 1.165) is 5.56 Å². The van der Waals surface area contributed by atoms with Gasteiger partial charge in [0.05, 0.1) is 28.4 Å². The molecule has 0 unspecified atom stereocenters. The second kappa shape index (κ2) is 6.44. The van der Waals surface area contributed by atoms with Crippen LogP contribution < -0.4 is 5.43 Å². The van der Waals surface area contributed by atoms with E-state index in [1.54, 1.807) is 13.0 Å². The first-order valence-corrected chi connectivity index (χ1v) is 7.25. The molecule has 1 aromatic heterocycles. The lowest BCUT2D eigenvalue weighted by Gasteiger charge is -2.04. The molecule has 0 atom stereocenters. The molecule has 0 radical (unpaired) electrons. The van der Waals surface area contributed by atoms with Gasteiger partial charge in [-0.05, 0) is 42.3 Å². The summed E-state index contributed by atoms with van der Waals surface area (Å²) in [7, 11) is 0. The van der Waals surface area contributed by atoms with Gasteiger partial charge in [0.25, 0.3) is 11.6 Å². The number of carbonyl (C=O) groups excluding carboxylic acids is 1. The summed E-state index contributed by atoms with van der Waals surface area (Å²) in [5.41, 5.74) is 4.13. The fourth-order valence-electron chi connectivity index (χ4n) is 2.35. The minimum atomic E-state index is -0.585. The van der Waals surface area contributed by atoms with Gasteiger partial charge in [-0.15, -0.1) is 0 Å². The monoisotopic (exact) mass is 339 g/mol. The van der Waals surface area contributed by atoms with Gasteiger partial charge >= 0.3 is 0 Å². The van der Waals surface area contributed by atoms with Gasteiger partial charge in [-0.25, -0.2) is 5.43 Å². The van der Waals surface area contributed by atoms with E-state index >= 15 is 0 Å². The van der Waals surface area contributed by atoms with Crippen LogP contribution in [0, 0.1) is 17.0 Å². The average molecular weight is 339 g/mol. The molecule has 0 saturated heterocycles. The van der Waals surface area contributed by atoms with E-state index in [4.69, 9.17) is 4.42 Å². The Balaban J connectivity index is 1.75. The number of hydrazone groups is 1. The molecular weight excluding hydrogens is 326 g/mol. The number of aromatic hydroxyl groups is 1. The Morgan fingerprint density at radius 3 is 2.68 bits per heavy atom. The van der Waals surface area contributed by atoms with Crippen molar-refractivity contribution in [3.8, 4) is 5.75 Å². The highest BCUT2D eigenvalue weighted by Crippen LogP contribution is 2.32. The molecule has 126 valence electrons. The summed E-state index contributed by atoms with van der Waals surface area (Å²) in [5.74, 6) is -0.759. The zero-order valence-corrected chi connectivity index (χ0v) is 13.1. The molecule has 3 rings (SSSR count). The molecule has 0 aliphatic rings. The molecule has 0 aliphatic carbocycles. The maximum Gasteiger partial charge on any atom is 0.275 e. The third-order valence-electron chi connectivity index (χ3n) is 3.62. The van der Waals surface area contributed by atoms with Crippen molar-refractivity contribution in [2.75, 3.05) is 0 Å². The maximum absolute atomic E-state index is 12.2. The van der Waals surface area contributed by atoms with E-state index < -0.39 is 10.8 Å². The van der Waals surface area contributed by atoms with Crippen LogP contribution in [0.25, 0.3) is 11.0 Å². The predicted octanol–water partition coefficient (Wildman–Crippen LogP) is 3.12. The Morgan fingerprint density at radius 1 is 1.28 bits per heavy atom. The zero-order valence-electron chi connectivity index (χ0n) is 13.1. The van der Waals surface area contributed by atoms with Gasteiger partial charge in [0.2, 0.25) is 0 Å². The van der Waals surface area contributed by atoms with Gasteiger partial charge in [-0.1, -0.05) is 0 Å². The standard InChI is InChI=1S/C17H13N3O5/c1-10-9-25-14-7-6-13(16(21)15(10)14)17(22)19-18-8-11-2-4-12(5-3-11)20(23)24/h2-9,21H,1H3,(H,19,22). The van der Waals surface area contributed by atoms with E-state index in [-0.39, 0.29) is 17.0 Å². The van der Waals surface area contributed by atoms with Crippen LogP contribution >= 0.6 is 0 Å². The number of phenols is 1. The van der Waals surface area contributed by atoms with Crippen LogP contribution in [0.2, 0.25) is 0 Å². The van der Waals surface area contributed by atoms with Crippen LogP contribution in [-0.2, 0) is 0 Å². The first-order chi connectivity index (χ1) is 12.0. The number of phenolic OH excluding ortho intramolecular Hbond substituents is 1. The molecule has 0 saturated carbocycles. The average Bonchev–Trinajstić information content (AvgIpc) is 2.97. The summed E-state index contributed by atoms with van der Waals surface area (Å²) in [6.07, 6.45) is 2.85. The molecule has 2 aromatic carbocycles. The van der Waals surface area contributed by atoms with Crippen LogP contribution in [0.15, 0.2) is 52.2 Å². The van der Waals surface area contributed by atoms with Gasteiger partial charge in [0.1, 0.15) is 11.3 Å². The van der Waals surface area contributed by atoms with Crippen molar-refractivity contribution in [3.63, 3.8) is 0 Å². The summed E-state index contributed by atoms with van der Waals surface area (Å²) in [5, 5.41) is 25.1. The molecule has 0 bridgehead atoms. The van der Waals surface area contributed by atoms with Crippen LogP contribution in [-0.4, -0.2) is 22.2 Å². The molecule has 8 heteroatoms. The van der Waals surface area contributed by atoms with Crippen molar-refractivity contribution in [2.24, 2.45) is 5.10 Å². The SMILES string of the molecule is Cc1coc2ccc(C(=O)NN=Cc3ccc([N+](=O)[O-])cc3)c(O)c12. The van der Waals surface area contributed by atoms with Gasteiger partial charge in [0.15, 0.2) is 0 Å². The third kappa shape index (κ3) is 3.18. The van der Waals surface area contributed by atoms with Gasteiger partial charge in [-0.2, -0.15) is 5.10 Å². The highest BCUT2D eigenvalue weighted by Gasteiger charge is 2.16. The number of nitrogens with one attached hydrogen (secondary N) is 1. The van der Waals surface area contributed by atoms with Crippen LogP contribution in [0.4, 0.5) is 5.69 Å². The zero-order chi connectivity index (χ0) is 18.0. The molecule has 3 aromatic rings.